The number of benzene rings is 1. The van der Waals surface area contributed by atoms with Crippen molar-refractivity contribution in [3.63, 3.8) is 0 Å². The lowest BCUT2D eigenvalue weighted by Gasteiger charge is -2.36. The van der Waals surface area contributed by atoms with E-state index in [0.29, 0.717) is 12.3 Å². The van der Waals surface area contributed by atoms with Crippen LogP contribution in [0.4, 0.5) is 0 Å². The van der Waals surface area contributed by atoms with E-state index in [9.17, 15) is 4.79 Å². The van der Waals surface area contributed by atoms with Crippen LogP contribution in [0.1, 0.15) is 25.8 Å². The van der Waals surface area contributed by atoms with E-state index in [-0.39, 0.29) is 5.91 Å². The maximum absolute atomic E-state index is 12.6. The van der Waals surface area contributed by atoms with Crippen molar-refractivity contribution in [3.8, 4) is 0 Å². The first-order valence-electron chi connectivity index (χ1n) is 8.42. The molecule has 1 amide bonds. The number of oxime groups is 1. The normalized spacial score (nSPS) is 22.1. The number of hydrogen-bond donors (Lipinski definition) is 0. The molecule has 23 heavy (non-hydrogen) atoms. The minimum absolute atomic E-state index is 0.0730. The highest BCUT2D eigenvalue weighted by Gasteiger charge is 2.33. The number of rotatable bonds is 4. The van der Waals surface area contributed by atoms with Gasteiger partial charge in [0.05, 0.1) is 5.71 Å². The molecule has 0 aliphatic carbocycles. The van der Waals surface area contributed by atoms with Crippen molar-refractivity contribution in [2.75, 3.05) is 32.7 Å². The second kappa shape index (κ2) is 7.13. The third kappa shape index (κ3) is 3.91. The molecule has 5 heteroatoms. The molecule has 0 aromatic heterocycles. The van der Waals surface area contributed by atoms with Gasteiger partial charge in [0.1, 0.15) is 0 Å². The Balaban J connectivity index is 1.51. The van der Waals surface area contributed by atoms with Crippen LogP contribution in [0.25, 0.3) is 0 Å². The highest BCUT2D eigenvalue weighted by atomic mass is 16.6. The molecule has 1 fully saturated rings. The van der Waals surface area contributed by atoms with Crippen LogP contribution in [0.2, 0.25) is 0 Å². The molecular weight excluding hydrogens is 290 g/mol. The first-order valence-corrected chi connectivity index (χ1v) is 8.42. The van der Waals surface area contributed by atoms with E-state index >= 15 is 0 Å². The maximum atomic E-state index is 12.6. The molecule has 1 saturated heterocycles. The average molecular weight is 315 g/mol. The summed E-state index contributed by atoms with van der Waals surface area (Å²) in [7, 11) is 0. The molecule has 1 aromatic carbocycles. The van der Waals surface area contributed by atoms with Crippen molar-refractivity contribution in [2.24, 2.45) is 11.1 Å². The molecule has 0 N–H and O–H groups in total. The Morgan fingerprint density at radius 1 is 1.22 bits per heavy atom. The SMILES string of the molecule is CC(C)CN1CCN(C(=O)C2CC(c3ccccc3)=NO2)CC1. The van der Waals surface area contributed by atoms with Crippen molar-refractivity contribution in [2.45, 2.75) is 26.4 Å². The van der Waals surface area contributed by atoms with Gasteiger partial charge < -0.3 is 9.74 Å². The van der Waals surface area contributed by atoms with E-state index in [1.54, 1.807) is 0 Å². The van der Waals surface area contributed by atoms with Crippen LogP contribution >= 0.6 is 0 Å². The highest BCUT2D eigenvalue weighted by molar-refractivity contribution is 6.04. The highest BCUT2D eigenvalue weighted by Crippen LogP contribution is 2.19. The van der Waals surface area contributed by atoms with Crippen molar-refractivity contribution in [1.29, 1.82) is 0 Å². The van der Waals surface area contributed by atoms with Crippen LogP contribution < -0.4 is 0 Å². The molecule has 1 atom stereocenters. The molecule has 0 saturated carbocycles. The Bertz CT molecular complexity index is 563. The van der Waals surface area contributed by atoms with Gasteiger partial charge in [-0.15, -0.1) is 0 Å². The van der Waals surface area contributed by atoms with Gasteiger partial charge in [0.15, 0.2) is 0 Å². The van der Waals surface area contributed by atoms with Gasteiger partial charge >= 0.3 is 0 Å². The lowest BCUT2D eigenvalue weighted by atomic mass is 10.0. The monoisotopic (exact) mass is 315 g/mol. The zero-order valence-electron chi connectivity index (χ0n) is 13.9. The number of hydrogen-bond acceptors (Lipinski definition) is 4. The maximum Gasteiger partial charge on any atom is 0.266 e. The van der Waals surface area contributed by atoms with E-state index < -0.39 is 6.10 Å². The molecular formula is C18H25N3O2. The fourth-order valence-corrected chi connectivity index (χ4v) is 3.18. The van der Waals surface area contributed by atoms with E-state index in [1.807, 2.05) is 35.2 Å². The topological polar surface area (TPSA) is 45.1 Å². The Kier molecular flexibility index (Phi) is 4.96. The van der Waals surface area contributed by atoms with Gasteiger partial charge in [-0.05, 0) is 11.5 Å². The minimum atomic E-state index is -0.457. The number of carbonyl (C=O) groups excluding carboxylic acids is 1. The van der Waals surface area contributed by atoms with Crippen LogP contribution in [-0.4, -0.2) is 60.2 Å². The van der Waals surface area contributed by atoms with Crippen molar-refractivity contribution in [3.05, 3.63) is 35.9 Å². The van der Waals surface area contributed by atoms with E-state index in [2.05, 4.69) is 23.9 Å². The minimum Gasteiger partial charge on any atom is -0.382 e. The Morgan fingerprint density at radius 2 is 1.91 bits per heavy atom. The second-order valence-corrected chi connectivity index (χ2v) is 6.72. The fourth-order valence-electron chi connectivity index (χ4n) is 3.18. The summed E-state index contributed by atoms with van der Waals surface area (Å²) in [5.41, 5.74) is 1.90. The molecule has 5 nitrogen and oxygen atoms in total. The zero-order chi connectivity index (χ0) is 16.2. The van der Waals surface area contributed by atoms with Crippen LogP contribution in [0.15, 0.2) is 35.5 Å². The Morgan fingerprint density at radius 3 is 2.57 bits per heavy atom. The molecule has 2 aliphatic heterocycles. The lowest BCUT2D eigenvalue weighted by molar-refractivity contribution is -0.143. The first kappa shape index (κ1) is 16.0. The molecule has 0 radical (unpaired) electrons. The van der Waals surface area contributed by atoms with Crippen molar-refractivity contribution < 1.29 is 9.63 Å². The van der Waals surface area contributed by atoms with Crippen molar-refractivity contribution in [1.82, 2.24) is 9.80 Å². The van der Waals surface area contributed by atoms with Crippen LogP contribution in [0.5, 0.6) is 0 Å². The summed E-state index contributed by atoms with van der Waals surface area (Å²) >= 11 is 0. The average Bonchev–Trinajstić information content (AvgIpc) is 3.05. The summed E-state index contributed by atoms with van der Waals surface area (Å²) in [6.07, 6.45) is 0.108. The standard InChI is InChI=1S/C18H25N3O2/c1-14(2)13-20-8-10-21(11-9-20)18(22)17-12-16(19-23-17)15-6-4-3-5-7-15/h3-7,14,17H,8-13H2,1-2H3. The van der Waals surface area contributed by atoms with Crippen LogP contribution in [0, 0.1) is 5.92 Å². The molecule has 0 bridgehead atoms. The number of piperazine rings is 1. The zero-order valence-corrected chi connectivity index (χ0v) is 13.9. The third-order valence-corrected chi connectivity index (χ3v) is 4.36. The summed E-state index contributed by atoms with van der Waals surface area (Å²) in [4.78, 5) is 22.4. The lowest BCUT2D eigenvalue weighted by Crippen LogP contribution is -2.52. The molecule has 2 aliphatic rings. The van der Waals surface area contributed by atoms with Gasteiger partial charge in [0, 0.05) is 39.1 Å². The molecule has 1 aromatic rings. The predicted octanol–water partition coefficient (Wildman–Crippen LogP) is 1.98. The van der Waals surface area contributed by atoms with Gasteiger partial charge in [-0.25, -0.2) is 0 Å². The first-order chi connectivity index (χ1) is 11.1. The molecule has 0 spiro atoms. The van der Waals surface area contributed by atoms with Gasteiger partial charge in [-0.2, -0.15) is 0 Å². The molecule has 2 heterocycles. The van der Waals surface area contributed by atoms with E-state index in [0.717, 1.165) is 44.0 Å². The van der Waals surface area contributed by atoms with Crippen LogP contribution in [0.3, 0.4) is 0 Å². The number of nitrogens with zero attached hydrogens (tertiary/aromatic N) is 3. The van der Waals surface area contributed by atoms with Crippen LogP contribution in [-0.2, 0) is 9.63 Å². The third-order valence-electron chi connectivity index (χ3n) is 4.36. The van der Waals surface area contributed by atoms with Gasteiger partial charge in [-0.1, -0.05) is 49.3 Å². The quantitative estimate of drug-likeness (QED) is 0.853. The second-order valence-electron chi connectivity index (χ2n) is 6.72. The fraction of sp³-hybridized carbons (Fsp3) is 0.556. The summed E-state index contributed by atoms with van der Waals surface area (Å²) in [6, 6.07) is 9.92. The molecule has 3 rings (SSSR count). The number of amides is 1. The summed E-state index contributed by atoms with van der Waals surface area (Å²) in [6.45, 7) is 9.02. The van der Waals surface area contributed by atoms with E-state index in [1.165, 1.54) is 0 Å². The van der Waals surface area contributed by atoms with Gasteiger partial charge in [0.25, 0.3) is 5.91 Å². The van der Waals surface area contributed by atoms with Crippen molar-refractivity contribution >= 4 is 11.6 Å². The molecule has 1 unspecified atom stereocenters. The Hall–Kier alpha value is -1.88. The van der Waals surface area contributed by atoms with Gasteiger partial charge in [-0.3, -0.25) is 9.69 Å². The molecule has 124 valence electrons. The van der Waals surface area contributed by atoms with E-state index in [4.69, 9.17) is 4.84 Å². The predicted molar refractivity (Wildman–Crippen MR) is 90.3 cm³/mol. The van der Waals surface area contributed by atoms with Gasteiger partial charge in [0.2, 0.25) is 6.10 Å². The largest absolute Gasteiger partial charge is 0.382 e. The summed E-state index contributed by atoms with van der Waals surface area (Å²) in [5.74, 6) is 0.737. The Labute approximate surface area is 137 Å². The summed E-state index contributed by atoms with van der Waals surface area (Å²) < 4.78 is 0. The number of carbonyl (C=O) groups is 1. The smallest absolute Gasteiger partial charge is 0.266 e. The summed E-state index contributed by atoms with van der Waals surface area (Å²) in [5, 5.41) is 4.12.